The molecule has 0 amide bonds. The second-order valence-electron chi connectivity index (χ2n) is 4.81. The lowest BCUT2D eigenvalue weighted by molar-refractivity contribution is -0.0581. The third kappa shape index (κ3) is 1.49. The molecular weight excluding hydrogens is 164 g/mol. The Morgan fingerprint density at radius 1 is 1.23 bits per heavy atom. The van der Waals surface area contributed by atoms with Crippen LogP contribution in [0.3, 0.4) is 0 Å². The summed E-state index contributed by atoms with van der Waals surface area (Å²) in [6.45, 7) is 3.16. The second kappa shape index (κ2) is 2.94. The van der Waals surface area contributed by atoms with Crippen LogP contribution in [0.25, 0.3) is 0 Å². The molecule has 3 nitrogen and oxygen atoms in total. The number of ether oxygens (including phenoxy) is 1. The molecule has 74 valence electrons. The average Bonchev–Trinajstić information content (AvgIpc) is 2.87. The van der Waals surface area contributed by atoms with E-state index < -0.39 is 0 Å². The summed E-state index contributed by atoms with van der Waals surface area (Å²) in [4.78, 5) is 2.54. The SMILES string of the molecule is N[C@H]1C[C@H]2CO[C@H](C3CC3)CN2C1. The highest BCUT2D eigenvalue weighted by molar-refractivity contribution is 4.95. The Kier molecular flexibility index (Phi) is 1.86. The topological polar surface area (TPSA) is 38.5 Å². The zero-order chi connectivity index (χ0) is 8.84. The van der Waals surface area contributed by atoms with Gasteiger partial charge >= 0.3 is 0 Å². The lowest BCUT2D eigenvalue weighted by Crippen LogP contribution is -2.47. The smallest absolute Gasteiger partial charge is 0.0731 e. The highest BCUT2D eigenvalue weighted by atomic mass is 16.5. The molecule has 3 aliphatic rings. The lowest BCUT2D eigenvalue weighted by Gasteiger charge is -2.35. The summed E-state index contributed by atoms with van der Waals surface area (Å²) < 4.78 is 5.87. The van der Waals surface area contributed by atoms with E-state index in [0.29, 0.717) is 18.2 Å². The maximum atomic E-state index is 5.93. The molecule has 0 aromatic heterocycles. The van der Waals surface area contributed by atoms with Crippen LogP contribution in [-0.2, 0) is 4.74 Å². The van der Waals surface area contributed by atoms with Crippen LogP contribution in [0, 0.1) is 5.92 Å². The zero-order valence-corrected chi connectivity index (χ0v) is 7.98. The second-order valence-corrected chi connectivity index (χ2v) is 4.81. The van der Waals surface area contributed by atoms with Crippen molar-refractivity contribution in [2.24, 2.45) is 11.7 Å². The summed E-state index contributed by atoms with van der Waals surface area (Å²) >= 11 is 0. The summed E-state index contributed by atoms with van der Waals surface area (Å²) in [5, 5.41) is 0. The summed E-state index contributed by atoms with van der Waals surface area (Å²) in [6.07, 6.45) is 4.43. The van der Waals surface area contributed by atoms with E-state index in [1.165, 1.54) is 12.8 Å². The molecule has 2 heterocycles. The van der Waals surface area contributed by atoms with Crippen molar-refractivity contribution in [3.8, 4) is 0 Å². The summed E-state index contributed by atoms with van der Waals surface area (Å²) in [6, 6.07) is 1.02. The van der Waals surface area contributed by atoms with Crippen molar-refractivity contribution < 1.29 is 4.74 Å². The first kappa shape index (κ1) is 8.21. The number of nitrogens with zero attached hydrogens (tertiary/aromatic N) is 1. The van der Waals surface area contributed by atoms with E-state index >= 15 is 0 Å². The van der Waals surface area contributed by atoms with Crippen LogP contribution < -0.4 is 5.73 Å². The van der Waals surface area contributed by atoms with Gasteiger partial charge in [0.15, 0.2) is 0 Å². The molecule has 3 heteroatoms. The van der Waals surface area contributed by atoms with Gasteiger partial charge in [-0.1, -0.05) is 0 Å². The highest BCUT2D eigenvalue weighted by Gasteiger charge is 2.41. The Morgan fingerprint density at radius 2 is 2.08 bits per heavy atom. The third-order valence-electron chi connectivity index (χ3n) is 3.63. The predicted molar refractivity (Wildman–Crippen MR) is 50.4 cm³/mol. The summed E-state index contributed by atoms with van der Waals surface area (Å²) in [5.41, 5.74) is 5.93. The fourth-order valence-corrected chi connectivity index (χ4v) is 2.69. The fraction of sp³-hybridized carbons (Fsp3) is 1.00. The van der Waals surface area contributed by atoms with Gasteiger partial charge in [0.25, 0.3) is 0 Å². The van der Waals surface area contributed by atoms with E-state index in [0.717, 1.165) is 32.0 Å². The molecule has 0 aromatic carbocycles. The maximum Gasteiger partial charge on any atom is 0.0731 e. The number of morpholine rings is 1. The van der Waals surface area contributed by atoms with Crippen molar-refractivity contribution in [1.29, 1.82) is 0 Å². The first-order valence-corrected chi connectivity index (χ1v) is 5.44. The van der Waals surface area contributed by atoms with Crippen molar-refractivity contribution in [1.82, 2.24) is 4.90 Å². The maximum absolute atomic E-state index is 5.93. The summed E-state index contributed by atoms with van der Waals surface area (Å²) in [7, 11) is 0. The van der Waals surface area contributed by atoms with Crippen LogP contribution in [0.15, 0.2) is 0 Å². The molecule has 1 aliphatic carbocycles. The van der Waals surface area contributed by atoms with Gasteiger partial charge in [0.05, 0.1) is 12.7 Å². The van der Waals surface area contributed by atoms with Crippen molar-refractivity contribution in [3.63, 3.8) is 0 Å². The molecule has 0 radical (unpaired) electrons. The van der Waals surface area contributed by atoms with Crippen LogP contribution in [0.4, 0.5) is 0 Å². The van der Waals surface area contributed by atoms with Crippen LogP contribution in [0.2, 0.25) is 0 Å². The van der Waals surface area contributed by atoms with Crippen molar-refractivity contribution in [3.05, 3.63) is 0 Å². The Hall–Kier alpha value is -0.120. The van der Waals surface area contributed by atoms with Gasteiger partial charge in [-0.2, -0.15) is 0 Å². The quantitative estimate of drug-likeness (QED) is 0.629. The van der Waals surface area contributed by atoms with E-state index in [4.69, 9.17) is 10.5 Å². The number of hydrogen-bond donors (Lipinski definition) is 1. The first-order chi connectivity index (χ1) is 6.33. The molecule has 3 rings (SSSR count). The minimum Gasteiger partial charge on any atom is -0.375 e. The first-order valence-electron chi connectivity index (χ1n) is 5.44. The van der Waals surface area contributed by atoms with E-state index in [1.54, 1.807) is 0 Å². The van der Waals surface area contributed by atoms with Crippen molar-refractivity contribution >= 4 is 0 Å². The Balaban J connectivity index is 1.64. The molecule has 3 atom stereocenters. The normalized spacial score (nSPS) is 46.4. The number of nitrogens with two attached hydrogens (primary N) is 1. The molecule has 2 saturated heterocycles. The fourth-order valence-electron chi connectivity index (χ4n) is 2.69. The number of rotatable bonds is 1. The lowest BCUT2D eigenvalue weighted by atomic mass is 10.1. The van der Waals surface area contributed by atoms with Crippen LogP contribution in [-0.4, -0.2) is 42.8 Å². The molecule has 0 aromatic rings. The third-order valence-corrected chi connectivity index (χ3v) is 3.63. The van der Waals surface area contributed by atoms with Gasteiger partial charge < -0.3 is 10.5 Å². The zero-order valence-electron chi connectivity index (χ0n) is 7.98. The molecule has 2 aliphatic heterocycles. The summed E-state index contributed by atoms with van der Waals surface area (Å²) in [5.74, 6) is 0.873. The number of fused-ring (bicyclic) bond motifs is 1. The van der Waals surface area contributed by atoms with E-state index in [1.807, 2.05) is 0 Å². The molecule has 2 N–H and O–H groups in total. The largest absolute Gasteiger partial charge is 0.375 e. The van der Waals surface area contributed by atoms with Crippen LogP contribution in [0.5, 0.6) is 0 Å². The van der Waals surface area contributed by atoms with Gasteiger partial charge in [-0.3, -0.25) is 4.90 Å². The van der Waals surface area contributed by atoms with Gasteiger partial charge in [-0.05, 0) is 25.2 Å². The van der Waals surface area contributed by atoms with E-state index in [9.17, 15) is 0 Å². The molecule has 3 fully saturated rings. The van der Waals surface area contributed by atoms with Gasteiger partial charge in [0.2, 0.25) is 0 Å². The monoisotopic (exact) mass is 182 g/mol. The van der Waals surface area contributed by atoms with Gasteiger partial charge in [0.1, 0.15) is 0 Å². The molecule has 13 heavy (non-hydrogen) atoms. The Labute approximate surface area is 79.2 Å². The van der Waals surface area contributed by atoms with Crippen molar-refractivity contribution in [2.75, 3.05) is 19.7 Å². The number of hydrogen-bond acceptors (Lipinski definition) is 3. The van der Waals surface area contributed by atoms with E-state index in [2.05, 4.69) is 4.90 Å². The molecule has 0 unspecified atom stereocenters. The molecule has 1 saturated carbocycles. The Morgan fingerprint density at radius 3 is 2.85 bits per heavy atom. The standard InChI is InChI=1S/C10H18N2O/c11-8-3-9-6-13-10(7-1-2-7)5-12(9)4-8/h7-10H,1-6,11H2/t8-,9-,10-/m0/s1. The van der Waals surface area contributed by atoms with Crippen LogP contribution >= 0.6 is 0 Å². The minimum atomic E-state index is 0.395. The molecular formula is C10H18N2O. The van der Waals surface area contributed by atoms with Crippen molar-refractivity contribution in [2.45, 2.75) is 37.5 Å². The van der Waals surface area contributed by atoms with Gasteiger partial charge in [-0.15, -0.1) is 0 Å². The van der Waals surface area contributed by atoms with E-state index in [-0.39, 0.29) is 0 Å². The van der Waals surface area contributed by atoms with Crippen LogP contribution in [0.1, 0.15) is 19.3 Å². The molecule has 0 spiro atoms. The van der Waals surface area contributed by atoms with Gasteiger partial charge in [0, 0.05) is 25.2 Å². The van der Waals surface area contributed by atoms with Gasteiger partial charge in [-0.25, -0.2) is 0 Å². The molecule has 0 bridgehead atoms. The Bertz CT molecular complexity index is 205. The predicted octanol–water partition coefficient (Wildman–Crippen LogP) is 0.197. The highest BCUT2D eigenvalue weighted by Crippen LogP contribution is 2.37. The average molecular weight is 182 g/mol. The minimum absolute atomic E-state index is 0.395.